The summed E-state index contributed by atoms with van der Waals surface area (Å²) in [6.07, 6.45) is 1.44. The zero-order valence-electron chi connectivity index (χ0n) is 10.2. The van der Waals surface area contributed by atoms with Gasteiger partial charge in [-0.3, -0.25) is 9.48 Å². The molecule has 0 fully saturated rings. The first-order valence-electron chi connectivity index (χ1n) is 5.60. The van der Waals surface area contributed by atoms with Crippen LogP contribution in [-0.2, 0) is 6.54 Å². The molecule has 0 unspecified atom stereocenters. The minimum Gasteiger partial charge on any atom is -0.396 e. The summed E-state index contributed by atoms with van der Waals surface area (Å²) in [7, 11) is 0. The van der Waals surface area contributed by atoms with Gasteiger partial charge in [-0.1, -0.05) is 23.2 Å². The fourth-order valence-electron chi connectivity index (χ4n) is 1.66. The van der Waals surface area contributed by atoms with E-state index in [-0.39, 0.29) is 5.91 Å². The van der Waals surface area contributed by atoms with Crippen molar-refractivity contribution in [2.45, 2.75) is 13.5 Å². The number of aryl methyl sites for hydroxylation is 1. The van der Waals surface area contributed by atoms with Gasteiger partial charge in [0.2, 0.25) is 0 Å². The Labute approximate surface area is 120 Å². The number of hydrogen-bond acceptors (Lipinski definition) is 3. The maximum absolute atomic E-state index is 12.2. The third-order valence-corrected chi connectivity index (χ3v) is 3.12. The molecular formula is C12H12Cl2N4O. The summed E-state index contributed by atoms with van der Waals surface area (Å²) in [5.74, 6) is -0.374. The number of rotatable bonds is 3. The molecule has 3 N–H and O–H groups in total. The lowest BCUT2D eigenvalue weighted by Crippen LogP contribution is -2.19. The number of anilines is 2. The maximum Gasteiger partial charge on any atom is 0.276 e. The lowest BCUT2D eigenvalue weighted by molar-refractivity contribution is 0.101. The Kier molecular flexibility index (Phi) is 3.97. The average molecular weight is 299 g/mol. The standard InChI is InChI=1S/C12H12Cl2N4O/c1-2-18-11(9(15)6-16-18)12(19)17-10-5-7(13)3-4-8(10)14/h3-6H,2,15H2,1H3,(H,17,19). The summed E-state index contributed by atoms with van der Waals surface area (Å²) in [5.41, 5.74) is 6.79. The van der Waals surface area contributed by atoms with E-state index in [0.29, 0.717) is 33.7 Å². The van der Waals surface area contributed by atoms with E-state index in [1.54, 1.807) is 18.2 Å². The molecule has 0 spiro atoms. The minimum atomic E-state index is -0.374. The van der Waals surface area contributed by atoms with Gasteiger partial charge < -0.3 is 11.1 Å². The Morgan fingerprint density at radius 2 is 2.21 bits per heavy atom. The van der Waals surface area contributed by atoms with E-state index < -0.39 is 0 Å². The molecular weight excluding hydrogens is 287 g/mol. The monoisotopic (exact) mass is 298 g/mol. The molecule has 0 saturated carbocycles. The van der Waals surface area contributed by atoms with E-state index in [4.69, 9.17) is 28.9 Å². The second kappa shape index (κ2) is 5.50. The van der Waals surface area contributed by atoms with Gasteiger partial charge in [0, 0.05) is 11.6 Å². The van der Waals surface area contributed by atoms with Crippen molar-refractivity contribution in [3.05, 3.63) is 40.1 Å². The summed E-state index contributed by atoms with van der Waals surface area (Å²) in [5, 5.41) is 7.57. The Bertz CT molecular complexity index is 624. The van der Waals surface area contributed by atoms with Crippen LogP contribution in [0.2, 0.25) is 10.0 Å². The van der Waals surface area contributed by atoms with Crippen molar-refractivity contribution < 1.29 is 4.79 Å². The van der Waals surface area contributed by atoms with E-state index in [1.807, 2.05) is 6.92 Å². The molecule has 19 heavy (non-hydrogen) atoms. The van der Waals surface area contributed by atoms with Crippen LogP contribution in [0, 0.1) is 0 Å². The summed E-state index contributed by atoms with van der Waals surface area (Å²) >= 11 is 11.9. The number of carbonyl (C=O) groups excluding carboxylic acids is 1. The largest absolute Gasteiger partial charge is 0.396 e. The highest BCUT2D eigenvalue weighted by Crippen LogP contribution is 2.26. The fourth-order valence-corrected chi connectivity index (χ4v) is 2.00. The Morgan fingerprint density at radius 1 is 1.47 bits per heavy atom. The number of hydrogen-bond donors (Lipinski definition) is 2. The molecule has 7 heteroatoms. The first kappa shape index (κ1) is 13.7. The predicted octanol–water partition coefficient (Wildman–Crippen LogP) is 3.04. The van der Waals surface area contributed by atoms with Gasteiger partial charge in [0.1, 0.15) is 5.69 Å². The minimum absolute atomic E-state index is 0.304. The number of nitrogens with zero attached hydrogens (tertiary/aromatic N) is 2. The van der Waals surface area contributed by atoms with E-state index >= 15 is 0 Å². The SMILES string of the molecule is CCn1ncc(N)c1C(=O)Nc1cc(Cl)ccc1Cl. The summed E-state index contributed by atoms with van der Waals surface area (Å²) in [4.78, 5) is 12.2. The van der Waals surface area contributed by atoms with Gasteiger partial charge in [-0.2, -0.15) is 5.10 Å². The van der Waals surface area contributed by atoms with Crippen molar-refractivity contribution in [3.8, 4) is 0 Å². The number of nitrogens with two attached hydrogens (primary N) is 1. The van der Waals surface area contributed by atoms with Crippen LogP contribution in [-0.4, -0.2) is 15.7 Å². The number of carbonyl (C=O) groups is 1. The van der Waals surface area contributed by atoms with Crippen molar-refractivity contribution >= 4 is 40.5 Å². The Hall–Kier alpha value is -1.72. The second-order valence-corrected chi connectivity index (χ2v) is 4.69. The second-order valence-electron chi connectivity index (χ2n) is 3.84. The van der Waals surface area contributed by atoms with Crippen LogP contribution in [0.15, 0.2) is 24.4 Å². The highest BCUT2D eigenvalue weighted by Gasteiger charge is 2.17. The predicted molar refractivity (Wildman–Crippen MR) is 76.7 cm³/mol. The number of nitrogens with one attached hydrogen (secondary N) is 1. The van der Waals surface area contributed by atoms with Gasteiger partial charge in [-0.15, -0.1) is 0 Å². The highest BCUT2D eigenvalue weighted by atomic mass is 35.5. The maximum atomic E-state index is 12.2. The Balaban J connectivity index is 2.30. The number of halogens is 2. The molecule has 0 bridgehead atoms. The van der Waals surface area contributed by atoms with Gasteiger partial charge in [0.15, 0.2) is 0 Å². The quantitative estimate of drug-likeness (QED) is 0.915. The van der Waals surface area contributed by atoms with Gasteiger partial charge >= 0.3 is 0 Å². The zero-order chi connectivity index (χ0) is 14.0. The van der Waals surface area contributed by atoms with Crippen molar-refractivity contribution in [3.63, 3.8) is 0 Å². The van der Waals surface area contributed by atoms with Gasteiger partial charge in [0.25, 0.3) is 5.91 Å². The highest BCUT2D eigenvalue weighted by molar-refractivity contribution is 6.35. The molecule has 0 radical (unpaired) electrons. The lowest BCUT2D eigenvalue weighted by atomic mass is 10.3. The smallest absolute Gasteiger partial charge is 0.276 e. The summed E-state index contributed by atoms with van der Waals surface area (Å²) in [6, 6.07) is 4.83. The first-order valence-corrected chi connectivity index (χ1v) is 6.36. The van der Waals surface area contributed by atoms with E-state index in [0.717, 1.165) is 0 Å². The molecule has 2 rings (SSSR count). The molecule has 1 heterocycles. The van der Waals surface area contributed by atoms with E-state index in [1.165, 1.54) is 10.9 Å². The van der Waals surface area contributed by atoms with Crippen LogP contribution in [0.4, 0.5) is 11.4 Å². The third-order valence-electron chi connectivity index (χ3n) is 2.56. The molecule has 5 nitrogen and oxygen atoms in total. The molecule has 1 aromatic carbocycles. The van der Waals surface area contributed by atoms with Crippen molar-refractivity contribution in [2.24, 2.45) is 0 Å². The van der Waals surface area contributed by atoms with Crippen molar-refractivity contribution in [1.82, 2.24) is 9.78 Å². The van der Waals surface area contributed by atoms with E-state index in [2.05, 4.69) is 10.4 Å². The number of aromatic nitrogens is 2. The van der Waals surface area contributed by atoms with Crippen LogP contribution in [0.1, 0.15) is 17.4 Å². The van der Waals surface area contributed by atoms with Gasteiger partial charge in [0.05, 0.1) is 22.6 Å². The topological polar surface area (TPSA) is 72.9 Å². The van der Waals surface area contributed by atoms with Crippen molar-refractivity contribution in [1.29, 1.82) is 0 Å². The molecule has 0 aliphatic carbocycles. The molecule has 100 valence electrons. The molecule has 0 aliphatic heterocycles. The van der Waals surface area contributed by atoms with Gasteiger partial charge in [-0.05, 0) is 25.1 Å². The molecule has 0 aliphatic rings. The van der Waals surface area contributed by atoms with Crippen LogP contribution in [0.5, 0.6) is 0 Å². The molecule has 1 amide bonds. The average Bonchev–Trinajstić information content (AvgIpc) is 2.75. The van der Waals surface area contributed by atoms with Crippen LogP contribution in [0.25, 0.3) is 0 Å². The molecule has 2 aromatic rings. The third kappa shape index (κ3) is 2.83. The van der Waals surface area contributed by atoms with Gasteiger partial charge in [-0.25, -0.2) is 0 Å². The first-order chi connectivity index (χ1) is 9.02. The lowest BCUT2D eigenvalue weighted by Gasteiger charge is -2.09. The van der Waals surface area contributed by atoms with E-state index in [9.17, 15) is 4.79 Å². The normalized spacial score (nSPS) is 10.5. The van der Waals surface area contributed by atoms with Crippen molar-refractivity contribution in [2.75, 3.05) is 11.1 Å². The number of amides is 1. The number of nitrogen functional groups attached to an aromatic ring is 1. The number of benzene rings is 1. The Morgan fingerprint density at radius 3 is 2.89 bits per heavy atom. The molecule has 1 aromatic heterocycles. The molecule has 0 saturated heterocycles. The van der Waals surface area contributed by atoms with Crippen LogP contribution < -0.4 is 11.1 Å². The zero-order valence-corrected chi connectivity index (χ0v) is 11.7. The fraction of sp³-hybridized carbons (Fsp3) is 0.167. The molecule has 0 atom stereocenters. The van der Waals surface area contributed by atoms with Crippen LogP contribution in [0.3, 0.4) is 0 Å². The summed E-state index contributed by atoms with van der Waals surface area (Å²) in [6.45, 7) is 2.42. The van der Waals surface area contributed by atoms with Crippen LogP contribution >= 0.6 is 23.2 Å². The summed E-state index contributed by atoms with van der Waals surface area (Å²) < 4.78 is 1.52.